The Balaban J connectivity index is 2.25. The zero-order valence-electron chi connectivity index (χ0n) is 10.8. The fraction of sp³-hybridized carbons (Fsp3) is 0.455. The summed E-state index contributed by atoms with van der Waals surface area (Å²) in [7, 11) is 1.47. The Morgan fingerprint density at radius 2 is 2.11 bits per heavy atom. The van der Waals surface area contributed by atoms with Gasteiger partial charge in [-0.05, 0) is 6.42 Å². The summed E-state index contributed by atoms with van der Waals surface area (Å²) in [6.07, 6.45) is 2.13. The van der Waals surface area contributed by atoms with E-state index in [1.165, 1.54) is 13.4 Å². The molecule has 0 spiro atoms. The molecule has 1 atom stereocenters. The van der Waals surface area contributed by atoms with Crippen LogP contribution < -0.4 is 16.6 Å². The highest BCUT2D eigenvalue weighted by Gasteiger charge is 2.36. The molecule has 0 bridgehead atoms. The number of anilines is 2. The van der Waals surface area contributed by atoms with Gasteiger partial charge in [0, 0.05) is 12.6 Å². The lowest BCUT2D eigenvalue weighted by atomic mass is 10.2. The van der Waals surface area contributed by atoms with Crippen molar-refractivity contribution in [1.82, 2.24) is 14.9 Å². The fourth-order valence-electron chi connectivity index (χ4n) is 2.03. The number of imide groups is 1. The van der Waals surface area contributed by atoms with Crippen LogP contribution in [-0.4, -0.2) is 39.8 Å². The maximum absolute atomic E-state index is 11.8. The highest BCUT2D eigenvalue weighted by Crippen LogP contribution is 2.22. The summed E-state index contributed by atoms with van der Waals surface area (Å²) in [4.78, 5) is 32.5. The van der Waals surface area contributed by atoms with E-state index in [-0.39, 0.29) is 18.2 Å². The van der Waals surface area contributed by atoms with Gasteiger partial charge in [-0.3, -0.25) is 14.5 Å². The predicted octanol–water partition coefficient (Wildman–Crippen LogP) is -0.506. The van der Waals surface area contributed by atoms with Crippen LogP contribution in [0.2, 0.25) is 0 Å². The molecule has 102 valence electrons. The Bertz CT molecular complexity index is 518. The summed E-state index contributed by atoms with van der Waals surface area (Å²) in [6, 6.07) is -0.580. The molecule has 1 unspecified atom stereocenters. The van der Waals surface area contributed by atoms with Crippen molar-refractivity contribution in [2.75, 3.05) is 17.8 Å². The molecule has 19 heavy (non-hydrogen) atoms. The lowest BCUT2D eigenvalue weighted by molar-refractivity contribution is -0.136. The predicted molar refractivity (Wildman–Crippen MR) is 69.0 cm³/mol. The first-order chi connectivity index (χ1) is 9.08. The highest BCUT2D eigenvalue weighted by molar-refractivity contribution is 6.06. The first-order valence-corrected chi connectivity index (χ1v) is 5.95. The van der Waals surface area contributed by atoms with Crippen LogP contribution in [-0.2, 0) is 16.0 Å². The average Bonchev–Trinajstić information content (AvgIpc) is 2.66. The van der Waals surface area contributed by atoms with E-state index in [0.29, 0.717) is 18.1 Å². The van der Waals surface area contributed by atoms with Gasteiger partial charge in [-0.25, -0.2) is 15.8 Å². The Morgan fingerprint density at radius 3 is 2.63 bits per heavy atom. The fourth-order valence-corrected chi connectivity index (χ4v) is 2.03. The van der Waals surface area contributed by atoms with Crippen LogP contribution in [0.5, 0.6) is 0 Å². The van der Waals surface area contributed by atoms with Crippen LogP contribution in [0.25, 0.3) is 0 Å². The molecule has 1 aliphatic rings. The van der Waals surface area contributed by atoms with Gasteiger partial charge in [-0.15, -0.1) is 0 Å². The molecule has 1 aliphatic heterocycles. The lowest BCUT2D eigenvalue weighted by Gasteiger charge is -2.15. The summed E-state index contributed by atoms with van der Waals surface area (Å²) in [5.41, 5.74) is 3.26. The molecule has 2 amide bonds. The summed E-state index contributed by atoms with van der Waals surface area (Å²) in [5.74, 6) is 5.94. The standard InChI is InChI=1S/C11H16N6O2/c1-3-6-9(13-5-14-10(6)16-12)15-7-4-8(18)17(2)11(7)19/h5,7H,3-4,12H2,1-2H3,(H2,13,14,15,16). The van der Waals surface area contributed by atoms with E-state index < -0.39 is 6.04 Å². The number of nitrogens with two attached hydrogens (primary N) is 1. The first-order valence-electron chi connectivity index (χ1n) is 5.95. The molecule has 1 aromatic rings. The van der Waals surface area contributed by atoms with E-state index in [1.54, 1.807) is 0 Å². The van der Waals surface area contributed by atoms with Crippen molar-refractivity contribution in [3.63, 3.8) is 0 Å². The van der Waals surface area contributed by atoms with E-state index >= 15 is 0 Å². The Morgan fingerprint density at radius 1 is 1.42 bits per heavy atom. The van der Waals surface area contributed by atoms with Crippen molar-refractivity contribution in [2.24, 2.45) is 5.84 Å². The molecule has 0 saturated carbocycles. The van der Waals surface area contributed by atoms with Crippen molar-refractivity contribution < 1.29 is 9.59 Å². The number of hydrogen-bond donors (Lipinski definition) is 3. The number of carbonyl (C=O) groups is 2. The van der Waals surface area contributed by atoms with Crippen molar-refractivity contribution in [3.8, 4) is 0 Å². The second-order valence-corrected chi connectivity index (χ2v) is 4.24. The van der Waals surface area contributed by atoms with Gasteiger partial charge in [0.05, 0.1) is 6.42 Å². The van der Waals surface area contributed by atoms with Gasteiger partial charge in [0.15, 0.2) is 0 Å². The monoisotopic (exact) mass is 264 g/mol. The molecule has 2 rings (SSSR count). The number of likely N-dealkylation sites (tertiary alicyclic amines) is 1. The number of nitrogens with zero attached hydrogens (tertiary/aromatic N) is 3. The molecule has 4 N–H and O–H groups in total. The Labute approximate surface area is 110 Å². The minimum atomic E-state index is -0.580. The van der Waals surface area contributed by atoms with E-state index in [9.17, 15) is 9.59 Å². The Hall–Kier alpha value is -2.22. The molecular formula is C11H16N6O2. The van der Waals surface area contributed by atoms with Gasteiger partial charge >= 0.3 is 0 Å². The van der Waals surface area contributed by atoms with Crippen LogP contribution in [0.1, 0.15) is 18.9 Å². The second-order valence-electron chi connectivity index (χ2n) is 4.24. The third-order valence-electron chi connectivity index (χ3n) is 3.13. The largest absolute Gasteiger partial charge is 0.358 e. The number of carbonyl (C=O) groups excluding carboxylic acids is 2. The highest BCUT2D eigenvalue weighted by atomic mass is 16.2. The minimum Gasteiger partial charge on any atom is -0.358 e. The zero-order chi connectivity index (χ0) is 14.0. The summed E-state index contributed by atoms with van der Waals surface area (Å²) in [5, 5.41) is 2.99. The lowest BCUT2D eigenvalue weighted by Crippen LogP contribution is -2.32. The SMILES string of the molecule is CCc1c(NN)ncnc1NC1CC(=O)N(C)C1=O. The number of amides is 2. The van der Waals surface area contributed by atoms with Crippen LogP contribution in [0.15, 0.2) is 6.33 Å². The quantitative estimate of drug-likeness (QED) is 0.381. The van der Waals surface area contributed by atoms with Gasteiger partial charge in [0.25, 0.3) is 5.91 Å². The normalized spacial score (nSPS) is 18.9. The molecule has 1 saturated heterocycles. The van der Waals surface area contributed by atoms with Crippen LogP contribution in [0.4, 0.5) is 11.6 Å². The smallest absolute Gasteiger partial charge is 0.251 e. The van der Waals surface area contributed by atoms with Crippen LogP contribution >= 0.6 is 0 Å². The van der Waals surface area contributed by atoms with Gasteiger partial charge in [-0.2, -0.15) is 0 Å². The first kappa shape index (κ1) is 13.2. The van der Waals surface area contributed by atoms with E-state index in [2.05, 4.69) is 20.7 Å². The number of hydrogen-bond acceptors (Lipinski definition) is 7. The maximum atomic E-state index is 11.8. The number of likely N-dealkylation sites (N-methyl/N-ethyl adjacent to an activating group) is 1. The maximum Gasteiger partial charge on any atom is 0.251 e. The van der Waals surface area contributed by atoms with Gasteiger partial charge in [-0.1, -0.05) is 6.92 Å². The van der Waals surface area contributed by atoms with Gasteiger partial charge < -0.3 is 10.7 Å². The molecule has 0 aromatic carbocycles. The van der Waals surface area contributed by atoms with E-state index in [0.717, 1.165) is 10.5 Å². The van der Waals surface area contributed by atoms with E-state index in [1.807, 2.05) is 6.92 Å². The van der Waals surface area contributed by atoms with Crippen molar-refractivity contribution in [1.29, 1.82) is 0 Å². The molecule has 1 aromatic heterocycles. The van der Waals surface area contributed by atoms with Crippen molar-refractivity contribution in [2.45, 2.75) is 25.8 Å². The number of rotatable bonds is 4. The number of hydrazine groups is 1. The third kappa shape index (κ3) is 2.34. The second kappa shape index (κ2) is 5.19. The van der Waals surface area contributed by atoms with Gasteiger partial charge in [0.1, 0.15) is 24.0 Å². The summed E-state index contributed by atoms with van der Waals surface area (Å²) in [6.45, 7) is 1.93. The molecular weight excluding hydrogens is 248 g/mol. The Kier molecular flexibility index (Phi) is 3.61. The summed E-state index contributed by atoms with van der Waals surface area (Å²) >= 11 is 0. The summed E-state index contributed by atoms with van der Waals surface area (Å²) < 4.78 is 0. The number of aromatic nitrogens is 2. The molecule has 8 nitrogen and oxygen atoms in total. The van der Waals surface area contributed by atoms with Crippen LogP contribution in [0.3, 0.4) is 0 Å². The number of nitrogens with one attached hydrogen (secondary N) is 2. The molecule has 2 heterocycles. The third-order valence-corrected chi connectivity index (χ3v) is 3.13. The minimum absolute atomic E-state index is 0.133. The topological polar surface area (TPSA) is 113 Å². The molecule has 0 aliphatic carbocycles. The van der Waals surface area contributed by atoms with E-state index in [4.69, 9.17) is 5.84 Å². The van der Waals surface area contributed by atoms with Crippen molar-refractivity contribution >= 4 is 23.5 Å². The molecule has 1 fully saturated rings. The van der Waals surface area contributed by atoms with Gasteiger partial charge in [0.2, 0.25) is 5.91 Å². The van der Waals surface area contributed by atoms with Crippen molar-refractivity contribution in [3.05, 3.63) is 11.9 Å². The average molecular weight is 264 g/mol. The van der Waals surface area contributed by atoms with Crippen LogP contribution in [0, 0.1) is 0 Å². The zero-order valence-corrected chi connectivity index (χ0v) is 10.8. The molecule has 0 radical (unpaired) electrons. The molecule has 8 heteroatoms. The number of nitrogen functional groups attached to an aromatic ring is 1.